The van der Waals surface area contributed by atoms with Gasteiger partial charge in [-0.2, -0.15) is 0 Å². The van der Waals surface area contributed by atoms with Gasteiger partial charge in [-0.15, -0.1) is 0 Å². The lowest BCUT2D eigenvalue weighted by atomic mass is 9.81. The molecule has 2 nitrogen and oxygen atoms in total. The molecule has 0 saturated heterocycles. The second kappa shape index (κ2) is 17.9. The van der Waals surface area contributed by atoms with Crippen LogP contribution in [0, 0.1) is 0 Å². The maximum atomic E-state index is 2.44. The second-order valence-corrected chi connectivity index (χ2v) is 26.5. The van der Waals surface area contributed by atoms with Gasteiger partial charge < -0.3 is 9.80 Å². The predicted octanol–water partition coefficient (Wildman–Crippen LogP) is 20.6. The molecule has 0 aliphatic heterocycles. The van der Waals surface area contributed by atoms with E-state index in [1.54, 1.807) is 0 Å². The molecular formula is C72H78N2. The zero-order valence-corrected chi connectivity index (χ0v) is 47.2. The van der Waals surface area contributed by atoms with Crippen LogP contribution in [-0.2, 0) is 32.5 Å². The summed E-state index contributed by atoms with van der Waals surface area (Å²) in [4.78, 5) is 4.85. The van der Waals surface area contributed by atoms with E-state index in [2.05, 4.69) is 303 Å². The van der Waals surface area contributed by atoms with Crippen LogP contribution in [0.1, 0.15) is 166 Å². The molecule has 0 radical (unpaired) electrons. The summed E-state index contributed by atoms with van der Waals surface area (Å²) in [5.74, 6) is 0. The molecule has 0 spiro atoms. The third-order valence-electron chi connectivity index (χ3n) is 16.3. The van der Waals surface area contributed by atoms with Gasteiger partial charge in [0.1, 0.15) is 0 Å². The molecule has 0 aromatic heterocycles. The molecule has 8 aromatic carbocycles. The van der Waals surface area contributed by atoms with Crippen molar-refractivity contribution in [3.63, 3.8) is 0 Å². The van der Waals surface area contributed by atoms with Gasteiger partial charge in [-0.1, -0.05) is 220 Å². The summed E-state index contributed by atoms with van der Waals surface area (Å²) >= 11 is 0. The first kappa shape index (κ1) is 50.6. The van der Waals surface area contributed by atoms with Crippen LogP contribution in [-0.4, -0.2) is 0 Å². The van der Waals surface area contributed by atoms with Gasteiger partial charge in [0, 0.05) is 45.0 Å². The van der Waals surface area contributed by atoms with E-state index in [1.165, 1.54) is 89.3 Å². The molecule has 0 N–H and O–H groups in total. The van der Waals surface area contributed by atoms with E-state index in [4.69, 9.17) is 0 Å². The van der Waals surface area contributed by atoms with E-state index in [0.717, 1.165) is 22.7 Å². The smallest absolute Gasteiger partial charge is 0.0465 e. The molecule has 0 heterocycles. The lowest BCUT2D eigenvalue weighted by molar-refractivity contribution is 0.590. The molecule has 0 bridgehead atoms. The van der Waals surface area contributed by atoms with Gasteiger partial charge in [0.2, 0.25) is 0 Å². The topological polar surface area (TPSA) is 6.48 Å². The van der Waals surface area contributed by atoms with Crippen molar-refractivity contribution in [2.24, 2.45) is 0 Å². The third kappa shape index (κ3) is 9.24. The SMILES string of the molecule is CC(C)(C)c1ccc(N(c2ccc(C(C)(C)C)cc2)c2ccc3c(c2)C(C)(C)c2cc(/C=C/c4ccc5c(c4)C(C)(C)c4cc(N(c6ccc(C(C)(C)C)cc6)c6ccc(C(C)(C)C)cc6)ccc4-5)ccc2-3)cc1. The fourth-order valence-electron chi connectivity index (χ4n) is 11.5. The summed E-state index contributed by atoms with van der Waals surface area (Å²) in [5.41, 5.74) is 25.4. The number of fused-ring (bicyclic) bond motifs is 6. The van der Waals surface area contributed by atoms with E-state index in [9.17, 15) is 0 Å². The van der Waals surface area contributed by atoms with Crippen LogP contribution in [0.4, 0.5) is 34.1 Å². The van der Waals surface area contributed by atoms with Crippen LogP contribution in [0.15, 0.2) is 170 Å². The Kier molecular flexibility index (Phi) is 12.2. The van der Waals surface area contributed by atoms with Crippen molar-refractivity contribution in [2.45, 2.75) is 143 Å². The van der Waals surface area contributed by atoms with Crippen molar-refractivity contribution in [1.29, 1.82) is 0 Å². The summed E-state index contributed by atoms with van der Waals surface area (Å²) in [5, 5.41) is 0. The normalized spacial score (nSPS) is 14.6. The summed E-state index contributed by atoms with van der Waals surface area (Å²) in [6.45, 7) is 37.0. The molecule has 8 aromatic rings. The van der Waals surface area contributed by atoms with E-state index in [-0.39, 0.29) is 32.5 Å². The summed E-state index contributed by atoms with van der Waals surface area (Å²) < 4.78 is 0. The highest BCUT2D eigenvalue weighted by Crippen LogP contribution is 2.53. The molecule has 2 aliphatic carbocycles. The maximum absolute atomic E-state index is 2.44. The Labute approximate surface area is 444 Å². The number of rotatable bonds is 8. The number of benzene rings is 8. The Morgan fingerprint density at radius 2 is 0.486 bits per heavy atom. The Hall–Kier alpha value is -6.90. The largest absolute Gasteiger partial charge is 0.310 e. The Bertz CT molecular complexity index is 3080. The third-order valence-corrected chi connectivity index (χ3v) is 16.3. The Morgan fingerprint density at radius 3 is 0.730 bits per heavy atom. The molecule has 0 amide bonds. The van der Waals surface area contributed by atoms with Crippen molar-refractivity contribution < 1.29 is 0 Å². The molecule has 0 unspecified atom stereocenters. The summed E-state index contributed by atoms with van der Waals surface area (Å²) in [6, 6.07) is 65.0. The molecule has 0 saturated carbocycles. The average Bonchev–Trinajstić information content (AvgIpc) is 3.71. The molecule has 2 heteroatoms. The van der Waals surface area contributed by atoms with Crippen molar-refractivity contribution in [3.05, 3.63) is 225 Å². The standard InChI is InChI=1S/C72H78N2/c1-67(2,3)49-21-29-53(30-22-49)73(54-31-23-50(24-32-54)68(4,5)6)57-37-41-61-59-39-19-47(43-63(59)71(13,14)65(61)45-57)17-18-48-20-40-60-62-42-38-58(46-66(62)72(15,16)64(60)44-48)74(55-33-25-51(26-34-55)69(7,8)9)56-35-27-52(28-36-56)70(10,11)12/h17-46H,1-16H3/b18-17+. The zero-order chi connectivity index (χ0) is 52.9. The van der Waals surface area contributed by atoms with Crippen LogP contribution >= 0.6 is 0 Å². The average molecular weight is 971 g/mol. The van der Waals surface area contributed by atoms with Gasteiger partial charge >= 0.3 is 0 Å². The summed E-state index contributed by atoms with van der Waals surface area (Å²) in [6.07, 6.45) is 4.61. The zero-order valence-electron chi connectivity index (χ0n) is 47.2. The maximum Gasteiger partial charge on any atom is 0.0465 e. The lowest BCUT2D eigenvalue weighted by Gasteiger charge is -2.29. The van der Waals surface area contributed by atoms with Crippen LogP contribution in [0.5, 0.6) is 0 Å². The van der Waals surface area contributed by atoms with Gasteiger partial charge in [0.05, 0.1) is 0 Å². The van der Waals surface area contributed by atoms with E-state index in [1.807, 2.05) is 0 Å². The first-order valence-electron chi connectivity index (χ1n) is 27.0. The minimum absolute atomic E-state index is 0.0791. The predicted molar refractivity (Wildman–Crippen MR) is 321 cm³/mol. The fourth-order valence-corrected chi connectivity index (χ4v) is 11.5. The van der Waals surface area contributed by atoms with Crippen LogP contribution in [0.25, 0.3) is 34.4 Å². The summed E-state index contributed by atoms with van der Waals surface area (Å²) in [7, 11) is 0. The molecule has 376 valence electrons. The number of hydrogen-bond donors (Lipinski definition) is 0. The van der Waals surface area contributed by atoms with Crippen molar-refractivity contribution in [1.82, 2.24) is 0 Å². The van der Waals surface area contributed by atoms with Gasteiger partial charge in [-0.05, 0) is 172 Å². The van der Waals surface area contributed by atoms with Gasteiger partial charge in [-0.25, -0.2) is 0 Å². The van der Waals surface area contributed by atoms with E-state index in [0.29, 0.717) is 0 Å². The molecule has 74 heavy (non-hydrogen) atoms. The first-order chi connectivity index (χ1) is 34.7. The minimum Gasteiger partial charge on any atom is -0.310 e. The second-order valence-electron chi connectivity index (χ2n) is 26.5. The number of anilines is 6. The Balaban J connectivity index is 0.937. The molecule has 2 aliphatic rings. The van der Waals surface area contributed by atoms with Gasteiger partial charge in [0.25, 0.3) is 0 Å². The van der Waals surface area contributed by atoms with Crippen LogP contribution in [0.3, 0.4) is 0 Å². The van der Waals surface area contributed by atoms with Crippen LogP contribution in [0.2, 0.25) is 0 Å². The highest BCUT2D eigenvalue weighted by molar-refractivity contribution is 5.89. The molecular weight excluding hydrogens is 893 g/mol. The van der Waals surface area contributed by atoms with Gasteiger partial charge in [0.15, 0.2) is 0 Å². The number of hydrogen-bond acceptors (Lipinski definition) is 2. The highest BCUT2D eigenvalue weighted by Gasteiger charge is 2.38. The quantitative estimate of drug-likeness (QED) is 0.140. The fraction of sp³-hybridized carbons (Fsp3) is 0.306. The highest BCUT2D eigenvalue weighted by atomic mass is 15.1. The van der Waals surface area contributed by atoms with Crippen molar-refractivity contribution in [2.75, 3.05) is 9.80 Å². The van der Waals surface area contributed by atoms with E-state index >= 15 is 0 Å². The van der Waals surface area contributed by atoms with Gasteiger partial charge in [-0.3, -0.25) is 0 Å². The van der Waals surface area contributed by atoms with Crippen molar-refractivity contribution in [3.8, 4) is 22.3 Å². The van der Waals surface area contributed by atoms with Crippen LogP contribution < -0.4 is 9.80 Å². The molecule has 10 rings (SSSR count). The monoisotopic (exact) mass is 971 g/mol. The lowest BCUT2D eigenvalue weighted by Crippen LogP contribution is -2.17. The molecule has 0 atom stereocenters. The Morgan fingerprint density at radius 1 is 0.270 bits per heavy atom. The molecule has 0 fully saturated rings. The van der Waals surface area contributed by atoms with Crippen molar-refractivity contribution >= 4 is 46.3 Å². The first-order valence-corrected chi connectivity index (χ1v) is 27.0. The van der Waals surface area contributed by atoms with E-state index < -0.39 is 0 Å². The number of nitrogens with zero attached hydrogens (tertiary/aromatic N) is 2. The minimum atomic E-state index is -0.189.